The van der Waals surface area contributed by atoms with Crippen molar-refractivity contribution < 1.29 is 5.11 Å². The summed E-state index contributed by atoms with van der Waals surface area (Å²) in [5.74, 6) is 0.0312. The molecule has 1 nitrogen and oxygen atoms in total. The van der Waals surface area contributed by atoms with Gasteiger partial charge in [0.25, 0.3) is 0 Å². The molecule has 0 spiro atoms. The van der Waals surface area contributed by atoms with Crippen LogP contribution in [0.3, 0.4) is 0 Å². The smallest absolute Gasteiger partial charge is 0.0866 e. The molecule has 1 rings (SSSR count). The number of halogens is 2. The van der Waals surface area contributed by atoms with Crippen molar-refractivity contribution in [1.82, 2.24) is 0 Å². The van der Waals surface area contributed by atoms with E-state index in [1.807, 2.05) is 0 Å². The van der Waals surface area contributed by atoms with E-state index in [-0.39, 0.29) is 5.92 Å². The summed E-state index contributed by atoms with van der Waals surface area (Å²) in [6.45, 7) is 5.82. The molecule has 0 fully saturated rings. The minimum Gasteiger partial charge on any atom is -0.388 e. The first-order valence-corrected chi connectivity index (χ1v) is 6.11. The number of aliphatic hydroxyl groups excluding tert-OH is 1. The van der Waals surface area contributed by atoms with Crippen molar-refractivity contribution in [2.45, 2.75) is 25.9 Å². The van der Waals surface area contributed by atoms with Gasteiger partial charge in [-0.15, -0.1) is 6.58 Å². The summed E-state index contributed by atoms with van der Waals surface area (Å²) in [6.07, 6.45) is 3.06. The van der Waals surface area contributed by atoms with Gasteiger partial charge in [0.1, 0.15) is 0 Å². The summed E-state index contributed by atoms with van der Waals surface area (Å²) in [7, 11) is 0. The lowest BCUT2D eigenvalue weighted by Crippen LogP contribution is -2.10. The third-order valence-corrected chi connectivity index (χ3v) is 3.17. The maximum atomic E-state index is 10.2. The zero-order valence-corrected chi connectivity index (χ0v) is 10.8. The van der Waals surface area contributed by atoms with Gasteiger partial charge in [-0.3, -0.25) is 0 Å². The summed E-state index contributed by atoms with van der Waals surface area (Å²) in [5, 5.41) is 11.3. The van der Waals surface area contributed by atoms with E-state index in [9.17, 15) is 5.11 Å². The molecule has 0 saturated carbocycles. The van der Waals surface area contributed by atoms with Gasteiger partial charge in [-0.1, -0.05) is 48.7 Å². The van der Waals surface area contributed by atoms with Gasteiger partial charge in [-0.05, 0) is 24.1 Å². The van der Waals surface area contributed by atoms with E-state index in [1.165, 1.54) is 0 Å². The van der Waals surface area contributed by atoms with Crippen molar-refractivity contribution in [3.05, 3.63) is 46.5 Å². The normalized spacial score (nSPS) is 14.5. The zero-order chi connectivity index (χ0) is 12.1. The van der Waals surface area contributed by atoms with E-state index in [4.69, 9.17) is 23.2 Å². The Bertz CT molecular complexity index is 363. The van der Waals surface area contributed by atoms with Crippen molar-refractivity contribution in [2.24, 2.45) is 5.92 Å². The quantitative estimate of drug-likeness (QED) is 0.764. The lowest BCUT2D eigenvalue weighted by atomic mass is 9.92. The highest BCUT2D eigenvalue weighted by molar-refractivity contribution is 6.35. The van der Waals surface area contributed by atoms with E-state index in [0.717, 1.165) is 12.8 Å². The van der Waals surface area contributed by atoms with Crippen molar-refractivity contribution in [2.75, 3.05) is 0 Å². The van der Waals surface area contributed by atoms with Gasteiger partial charge >= 0.3 is 0 Å². The maximum Gasteiger partial charge on any atom is 0.0866 e. The SMILES string of the molecule is C=C[C@H](CCC)[C@H](O)c1ccc(Cl)cc1Cl. The predicted molar refractivity (Wildman–Crippen MR) is 70.0 cm³/mol. The molecule has 0 saturated heterocycles. The Morgan fingerprint density at radius 2 is 2.12 bits per heavy atom. The lowest BCUT2D eigenvalue weighted by molar-refractivity contribution is 0.126. The lowest BCUT2D eigenvalue weighted by Gasteiger charge is -2.20. The van der Waals surface area contributed by atoms with E-state index in [1.54, 1.807) is 24.3 Å². The minimum absolute atomic E-state index is 0.0312. The number of hydrogen-bond acceptors (Lipinski definition) is 1. The molecule has 0 unspecified atom stereocenters. The monoisotopic (exact) mass is 258 g/mol. The van der Waals surface area contributed by atoms with E-state index in [2.05, 4.69) is 13.5 Å². The molecule has 0 amide bonds. The Morgan fingerprint density at radius 3 is 2.62 bits per heavy atom. The average Bonchev–Trinajstić information content (AvgIpc) is 2.25. The van der Waals surface area contributed by atoms with Crippen LogP contribution in [-0.2, 0) is 0 Å². The van der Waals surface area contributed by atoms with Crippen LogP contribution < -0.4 is 0 Å². The largest absolute Gasteiger partial charge is 0.388 e. The Balaban J connectivity index is 2.93. The molecule has 88 valence electrons. The van der Waals surface area contributed by atoms with Crippen LogP contribution >= 0.6 is 23.2 Å². The van der Waals surface area contributed by atoms with Crippen LogP contribution in [0.4, 0.5) is 0 Å². The van der Waals surface area contributed by atoms with Crippen LogP contribution in [0.25, 0.3) is 0 Å². The highest BCUT2D eigenvalue weighted by atomic mass is 35.5. The van der Waals surface area contributed by atoms with Crippen LogP contribution in [0.5, 0.6) is 0 Å². The van der Waals surface area contributed by atoms with Gasteiger partial charge in [0.15, 0.2) is 0 Å². The second kappa shape index (κ2) is 6.29. The molecule has 16 heavy (non-hydrogen) atoms. The Kier molecular flexibility index (Phi) is 5.33. The molecular formula is C13H16Cl2O. The molecule has 0 aromatic heterocycles. The first-order chi connectivity index (χ1) is 7.60. The molecule has 0 aliphatic heterocycles. The Hall–Kier alpha value is -0.500. The molecule has 0 bridgehead atoms. The van der Waals surface area contributed by atoms with Crippen LogP contribution in [-0.4, -0.2) is 5.11 Å². The van der Waals surface area contributed by atoms with Gasteiger partial charge < -0.3 is 5.11 Å². The van der Waals surface area contributed by atoms with Gasteiger partial charge in [0.2, 0.25) is 0 Å². The summed E-state index contributed by atoms with van der Waals surface area (Å²) in [5.41, 5.74) is 0.712. The number of hydrogen-bond donors (Lipinski definition) is 1. The fourth-order valence-electron chi connectivity index (χ4n) is 1.71. The molecular weight excluding hydrogens is 243 g/mol. The minimum atomic E-state index is -0.609. The van der Waals surface area contributed by atoms with E-state index < -0.39 is 6.10 Å². The van der Waals surface area contributed by atoms with Crippen molar-refractivity contribution in [3.63, 3.8) is 0 Å². The van der Waals surface area contributed by atoms with Gasteiger partial charge in [-0.25, -0.2) is 0 Å². The predicted octanol–water partition coefficient (Wildman–Crippen LogP) is 4.63. The molecule has 1 aromatic carbocycles. The molecule has 3 heteroatoms. The number of benzene rings is 1. The van der Waals surface area contributed by atoms with Gasteiger partial charge in [0.05, 0.1) is 6.10 Å². The summed E-state index contributed by atoms with van der Waals surface area (Å²) in [6, 6.07) is 5.15. The highest BCUT2D eigenvalue weighted by Crippen LogP contribution is 2.32. The zero-order valence-electron chi connectivity index (χ0n) is 9.29. The summed E-state index contributed by atoms with van der Waals surface area (Å²) < 4.78 is 0. The molecule has 0 heterocycles. The second-order valence-corrected chi connectivity index (χ2v) is 4.64. The Labute approximate surface area is 107 Å². The van der Waals surface area contributed by atoms with Crippen LogP contribution in [0.1, 0.15) is 31.4 Å². The molecule has 0 aliphatic carbocycles. The fourth-order valence-corrected chi connectivity index (χ4v) is 2.23. The van der Waals surface area contributed by atoms with Gasteiger partial charge in [-0.2, -0.15) is 0 Å². The van der Waals surface area contributed by atoms with E-state index in [0.29, 0.717) is 15.6 Å². The third kappa shape index (κ3) is 3.24. The molecule has 2 atom stereocenters. The van der Waals surface area contributed by atoms with Gasteiger partial charge in [0, 0.05) is 16.0 Å². The first-order valence-electron chi connectivity index (χ1n) is 5.35. The van der Waals surface area contributed by atoms with Crippen LogP contribution in [0, 0.1) is 5.92 Å². The first kappa shape index (κ1) is 13.6. The van der Waals surface area contributed by atoms with Crippen LogP contribution in [0.15, 0.2) is 30.9 Å². The summed E-state index contributed by atoms with van der Waals surface area (Å²) >= 11 is 11.9. The number of rotatable bonds is 5. The molecule has 1 N–H and O–H groups in total. The van der Waals surface area contributed by atoms with Crippen molar-refractivity contribution in [1.29, 1.82) is 0 Å². The third-order valence-electron chi connectivity index (χ3n) is 2.61. The average molecular weight is 259 g/mol. The molecule has 0 radical (unpaired) electrons. The fraction of sp³-hybridized carbons (Fsp3) is 0.385. The Morgan fingerprint density at radius 1 is 1.44 bits per heavy atom. The maximum absolute atomic E-state index is 10.2. The molecule has 1 aromatic rings. The second-order valence-electron chi connectivity index (χ2n) is 3.80. The number of aliphatic hydroxyl groups is 1. The molecule has 0 aliphatic rings. The standard InChI is InChI=1S/C13H16Cl2O/c1-3-5-9(4-2)13(16)11-7-6-10(14)8-12(11)15/h4,6-9,13,16H,2-3,5H2,1H3/t9-,13+/m1/s1. The van der Waals surface area contributed by atoms with Crippen LogP contribution in [0.2, 0.25) is 10.0 Å². The van der Waals surface area contributed by atoms with Crippen molar-refractivity contribution >= 4 is 23.2 Å². The van der Waals surface area contributed by atoms with E-state index >= 15 is 0 Å². The topological polar surface area (TPSA) is 20.2 Å². The summed E-state index contributed by atoms with van der Waals surface area (Å²) in [4.78, 5) is 0. The highest BCUT2D eigenvalue weighted by Gasteiger charge is 2.19. The van der Waals surface area contributed by atoms with Crippen molar-refractivity contribution in [3.8, 4) is 0 Å².